The second-order valence-corrected chi connectivity index (χ2v) is 8.02. The fourth-order valence-electron chi connectivity index (χ4n) is 3.50. The lowest BCUT2D eigenvalue weighted by Crippen LogP contribution is -2.44. The third-order valence-corrected chi connectivity index (χ3v) is 6.63. The predicted octanol–water partition coefficient (Wildman–Crippen LogP) is 2.48. The highest BCUT2D eigenvalue weighted by Gasteiger charge is 2.47. The van der Waals surface area contributed by atoms with Gasteiger partial charge in [0.2, 0.25) is 0 Å². The van der Waals surface area contributed by atoms with Gasteiger partial charge in [-0.3, -0.25) is 4.21 Å². The van der Waals surface area contributed by atoms with Gasteiger partial charge < -0.3 is 5.11 Å². The number of benzene rings is 1. The summed E-state index contributed by atoms with van der Waals surface area (Å²) >= 11 is 0. The Bertz CT molecular complexity index is 513. The van der Waals surface area contributed by atoms with Gasteiger partial charge in [-0.15, -0.1) is 0 Å². The normalized spacial score (nSPS) is 37.5. The van der Waals surface area contributed by atoms with Crippen LogP contribution in [0.2, 0.25) is 0 Å². The highest BCUT2D eigenvalue weighted by Crippen LogP contribution is 2.42. The van der Waals surface area contributed by atoms with Crippen LogP contribution in [0.3, 0.4) is 0 Å². The first-order valence-electron chi connectivity index (χ1n) is 6.84. The largest absolute Gasteiger partial charge is 0.389 e. The molecule has 19 heavy (non-hydrogen) atoms. The van der Waals surface area contributed by atoms with Crippen LogP contribution in [0.5, 0.6) is 0 Å². The number of hydrogen-bond acceptors (Lipinski definition) is 2. The standard InChI is InChI=1S/C15H19FO2S/c1-10-2-3-12(16)6-11(10)7-15(17)8-13-4-5-14(9-15)19(13)18/h2-3,6,13-14,17H,4-5,7-9H2,1H3. The maximum atomic E-state index is 13.3. The molecule has 2 nitrogen and oxygen atoms in total. The lowest BCUT2D eigenvalue weighted by molar-refractivity contribution is 0.0229. The van der Waals surface area contributed by atoms with Gasteiger partial charge in [0.25, 0.3) is 0 Å². The molecule has 0 amide bonds. The van der Waals surface area contributed by atoms with E-state index in [0.29, 0.717) is 19.3 Å². The van der Waals surface area contributed by atoms with Crippen molar-refractivity contribution in [3.8, 4) is 0 Å². The molecule has 2 saturated heterocycles. The second kappa shape index (κ2) is 4.67. The van der Waals surface area contributed by atoms with Crippen LogP contribution >= 0.6 is 0 Å². The average Bonchev–Trinajstić information content (AvgIpc) is 2.59. The Balaban J connectivity index is 1.83. The molecule has 2 heterocycles. The van der Waals surface area contributed by atoms with Crippen LogP contribution in [-0.2, 0) is 17.2 Å². The van der Waals surface area contributed by atoms with E-state index in [1.807, 2.05) is 6.92 Å². The number of fused-ring (bicyclic) bond motifs is 2. The Labute approximate surface area is 115 Å². The molecular weight excluding hydrogens is 263 g/mol. The van der Waals surface area contributed by atoms with Crippen molar-refractivity contribution < 1.29 is 13.7 Å². The van der Waals surface area contributed by atoms with Crippen molar-refractivity contribution in [3.05, 3.63) is 35.1 Å². The number of aryl methyl sites for hydroxylation is 1. The molecule has 104 valence electrons. The van der Waals surface area contributed by atoms with E-state index in [2.05, 4.69) is 0 Å². The summed E-state index contributed by atoms with van der Waals surface area (Å²) in [6.07, 6.45) is 3.57. The first-order chi connectivity index (χ1) is 8.97. The minimum atomic E-state index is -0.807. The Kier molecular flexibility index (Phi) is 3.26. The van der Waals surface area contributed by atoms with E-state index in [1.54, 1.807) is 6.07 Å². The molecule has 2 aliphatic rings. The first kappa shape index (κ1) is 13.3. The van der Waals surface area contributed by atoms with Crippen molar-refractivity contribution in [1.29, 1.82) is 0 Å². The number of hydrogen-bond donors (Lipinski definition) is 1. The number of aliphatic hydroxyl groups is 1. The highest BCUT2D eigenvalue weighted by atomic mass is 32.2. The van der Waals surface area contributed by atoms with Gasteiger partial charge in [0.15, 0.2) is 0 Å². The topological polar surface area (TPSA) is 37.3 Å². The zero-order valence-electron chi connectivity index (χ0n) is 11.1. The van der Waals surface area contributed by atoms with Gasteiger partial charge in [-0.2, -0.15) is 0 Å². The molecule has 0 saturated carbocycles. The van der Waals surface area contributed by atoms with Crippen molar-refractivity contribution >= 4 is 10.8 Å². The Morgan fingerprint density at radius 1 is 1.37 bits per heavy atom. The molecule has 0 radical (unpaired) electrons. The third kappa shape index (κ3) is 2.48. The lowest BCUT2D eigenvalue weighted by Gasteiger charge is -2.36. The van der Waals surface area contributed by atoms with Crippen molar-refractivity contribution in [2.75, 3.05) is 0 Å². The zero-order valence-corrected chi connectivity index (χ0v) is 11.9. The van der Waals surface area contributed by atoms with E-state index in [1.165, 1.54) is 12.1 Å². The smallest absolute Gasteiger partial charge is 0.123 e. The number of rotatable bonds is 2. The molecule has 0 aromatic heterocycles. The average molecular weight is 282 g/mol. The third-order valence-electron chi connectivity index (χ3n) is 4.51. The number of halogens is 1. The van der Waals surface area contributed by atoms with E-state index in [-0.39, 0.29) is 16.3 Å². The summed E-state index contributed by atoms with van der Waals surface area (Å²) in [6.45, 7) is 1.94. The summed E-state index contributed by atoms with van der Waals surface area (Å²) in [4.78, 5) is 0. The van der Waals surface area contributed by atoms with Gasteiger partial charge >= 0.3 is 0 Å². The molecule has 2 fully saturated rings. The summed E-state index contributed by atoms with van der Waals surface area (Å²) < 4.78 is 25.3. The minimum Gasteiger partial charge on any atom is -0.389 e. The van der Waals surface area contributed by atoms with Gasteiger partial charge in [0, 0.05) is 27.7 Å². The summed E-state index contributed by atoms with van der Waals surface area (Å²) in [5.41, 5.74) is 1.07. The molecule has 0 aliphatic carbocycles. The maximum Gasteiger partial charge on any atom is 0.123 e. The summed E-state index contributed by atoms with van der Waals surface area (Å²) in [5.74, 6) is -0.258. The van der Waals surface area contributed by atoms with E-state index in [0.717, 1.165) is 24.0 Å². The molecule has 1 N–H and O–H groups in total. The first-order valence-corrected chi connectivity index (χ1v) is 8.11. The Morgan fingerprint density at radius 3 is 2.63 bits per heavy atom. The van der Waals surface area contributed by atoms with Gasteiger partial charge in [0.05, 0.1) is 5.60 Å². The molecule has 4 heteroatoms. The van der Waals surface area contributed by atoms with E-state index >= 15 is 0 Å². The molecule has 1 aromatic carbocycles. The fourth-order valence-corrected chi connectivity index (χ4v) is 5.74. The SMILES string of the molecule is Cc1ccc(F)cc1CC1(O)CC2CCC(C1)S2=O. The Hall–Kier alpha value is -0.740. The van der Waals surface area contributed by atoms with Crippen LogP contribution in [0.15, 0.2) is 18.2 Å². The molecular formula is C15H19FO2S. The minimum absolute atomic E-state index is 0.137. The van der Waals surface area contributed by atoms with Crippen molar-refractivity contribution in [2.24, 2.45) is 0 Å². The van der Waals surface area contributed by atoms with Crippen molar-refractivity contribution in [3.63, 3.8) is 0 Å². The van der Waals surface area contributed by atoms with Crippen LogP contribution in [0.1, 0.15) is 36.8 Å². The van der Waals surface area contributed by atoms with Crippen LogP contribution in [0.4, 0.5) is 4.39 Å². The highest BCUT2D eigenvalue weighted by molar-refractivity contribution is 7.86. The van der Waals surface area contributed by atoms with E-state index in [4.69, 9.17) is 0 Å². The summed E-state index contributed by atoms with van der Waals surface area (Å²) in [7, 11) is -0.767. The second-order valence-electron chi connectivity index (χ2n) is 6.03. The molecule has 2 bridgehead atoms. The Morgan fingerprint density at radius 2 is 2.00 bits per heavy atom. The molecule has 3 rings (SSSR count). The zero-order chi connectivity index (χ0) is 13.6. The van der Waals surface area contributed by atoms with Crippen LogP contribution in [0.25, 0.3) is 0 Å². The lowest BCUT2D eigenvalue weighted by atomic mass is 9.85. The predicted molar refractivity (Wildman–Crippen MR) is 74.0 cm³/mol. The quantitative estimate of drug-likeness (QED) is 0.905. The molecule has 2 aliphatic heterocycles. The van der Waals surface area contributed by atoms with Crippen molar-refractivity contribution in [2.45, 2.75) is 55.1 Å². The molecule has 2 atom stereocenters. The van der Waals surface area contributed by atoms with Gasteiger partial charge in [-0.1, -0.05) is 6.07 Å². The van der Waals surface area contributed by atoms with Gasteiger partial charge in [0.1, 0.15) is 5.82 Å². The molecule has 2 unspecified atom stereocenters. The van der Waals surface area contributed by atoms with Crippen LogP contribution in [-0.4, -0.2) is 25.4 Å². The monoisotopic (exact) mass is 282 g/mol. The van der Waals surface area contributed by atoms with E-state index < -0.39 is 16.4 Å². The van der Waals surface area contributed by atoms with Crippen LogP contribution in [0, 0.1) is 12.7 Å². The summed E-state index contributed by atoms with van der Waals surface area (Å²) in [6, 6.07) is 4.72. The van der Waals surface area contributed by atoms with Gasteiger partial charge in [-0.25, -0.2) is 4.39 Å². The molecule has 0 spiro atoms. The molecule has 1 aromatic rings. The van der Waals surface area contributed by atoms with Crippen molar-refractivity contribution in [1.82, 2.24) is 0 Å². The fraction of sp³-hybridized carbons (Fsp3) is 0.600. The summed E-state index contributed by atoms with van der Waals surface area (Å²) in [5, 5.41) is 11.1. The maximum absolute atomic E-state index is 13.3. The van der Waals surface area contributed by atoms with Gasteiger partial charge in [-0.05, 0) is 55.9 Å². The van der Waals surface area contributed by atoms with E-state index in [9.17, 15) is 13.7 Å². The van der Waals surface area contributed by atoms with Crippen LogP contribution < -0.4 is 0 Å².